The fourth-order valence-corrected chi connectivity index (χ4v) is 2.91. The molecule has 22 heavy (non-hydrogen) atoms. The van der Waals surface area contributed by atoms with Gasteiger partial charge >= 0.3 is 0 Å². The maximum Gasteiger partial charge on any atom is 0.239 e. The maximum absolute atomic E-state index is 12.2. The first-order valence-electron chi connectivity index (χ1n) is 7.58. The molecule has 0 spiro atoms. The highest BCUT2D eigenvalue weighted by Gasteiger charge is 2.28. The van der Waals surface area contributed by atoms with Gasteiger partial charge in [0.05, 0.1) is 12.6 Å². The fraction of sp³-hybridized carbons (Fsp3) is 0.533. The molecule has 3 heterocycles. The summed E-state index contributed by atoms with van der Waals surface area (Å²) >= 11 is 0. The van der Waals surface area contributed by atoms with Gasteiger partial charge in [-0.05, 0) is 26.3 Å². The van der Waals surface area contributed by atoms with Gasteiger partial charge in [0.1, 0.15) is 11.5 Å². The normalized spacial score (nSPS) is 19.3. The van der Waals surface area contributed by atoms with Gasteiger partial charge in [-0.2, -0.15) is 5.10 Å². The van der Waals surface area contributed by atoms with Crippen molar-refractivity contribution in [2.75, 3.05) is 18.4 Å². The Morgan fingerprint density at radius 3 is 3.05 bits per heavy atom. The number of carbonyl (C=O) groups is 1. The van der Waals surface area contributed by atoms with E-state index in [0.29, 0.717) is 12.4 Å². The lowest BCUT2D eigenvalue weighted by Crippen LogP contribution is -2.39. The Kier molecular flexibility index (Phi) is 4.24. The molecule has 0 aliphatic carbocycles. The average molecular weight is 303 g/mol. The van der Waals surface area contributed by atoms with Gasteiger partial charge in [0.15, 0.2) is 5.82 Å². The fourth-order valence-electron chi connectivity index (χ4n) is 2.91. The number of anilines is 1. The summed E-state index contributed by atoms with van der Waals surface area (Å²) < 4.78 is 6.84. The molecule has 1 N–H and O–H groups in total. The Morgan fingerprint density at radius 1 is 1.50 bits per heavy atom. The van der Waals surface area contributed by atoms with E-state index >= 15 is 0 Å². The van der Waals surface area contributed by atoms with Crippen molar-refractivity contribution < 1.29 is 9.32 Å². The Hall–Kier alpha value is -2.15. The number of nitrogens with one attached hydrogen (secondary N) is 1. The molecule has 1 atom stereocenters. The molecule has 1 amide bonds. The van der Waals surface area contributed by atoms with Crippen molar-refractivity contribution in [2.45, 2.75) is 32.2 Å². The van der Waals surface area contributed by atoms with Crippen LogP contribution in [0.5, 0.6) is 0 Å². The van der Waals surface area contributed by atoms with Crippen LogP contribution < -0.4 is 5.32 Å². The van der Waals surface area contributed by atoms with Crippen LogP contribution in [0.25, 0.3) is 0 Å². The Labute approximate surface area is 129 Å². The summed E-state index contributed by atoms with van der Waals surface area (Å²) in [6.07, 6.45) is 5.06. The minimum atomic E-state index is -0.0502. The molecule has 1 fully saturated rings. The number of amides is 1. The van der Waals surface area contributed by atoms with Crippen molar-refractivity contribution in [1.82, 2.24) is 19.8 Å². The van der Waals surface area contributed by atoms with Crippen molar-refractivity contribution in [3.63, 3.8) is 0 Å². The highest BCUT2D eigenvalue weighted by molar-refractivity contribution is 5.91. The highest BCUT2D eigenvalue weighted by atomic mass is 16.5. The summed E-state index contributed by atoms with van der Waals surface area (Å²) in [6.45, 7) is 3.12. The number of piperidine rings is 1. The lowest BCUT2D eigenvalue weighted by Gasteiger charge is -2.33. The number of hydrogen-bond donors (Lipinski definition) is 1. The Bertz CT molecular complexity index is 648. The number of rotatable bonds is 4. The summed E-state index contributed by atoms with van der Waals surface area (Å²) in [7, 11) is 1.82. The van der Waals surface area contributed by atoms with E-state index in [1.165, 1.54) is 0 Å². The molecule has 3 rings (SSSR count). The van der Waals surface area contributed by atoms with Crippen LogP contribution in [0.15, 0.2) is 22.9 Å². The van der Waals surface area contributed by atoms with Crippen molar-refractivity contribution in [3.8, 4) is 0 Å². The van der Waals surface area contributed by atoms with E-state index in [9.17, 15) is 4.79 Å². The molecule has 0 bridgehead atoms. The molecular weight excluding hydrogens is 282 g/mol. The predicted molar refractivity (Wildman–Crippen MR) is 81.2 cm³/mol. The zero-order valence-electron chi connectivity index (χ0n) is 13.0. The van der Waals surface area contributed by atoms with E-state index in [2.05, 4.69) is 20.5 Å². The zero-order valence-corrected chi connectivity index (χ0v) is 13.0. The van der Waals surface area contributed by atoms with Crippen LogP contribution >= 0.6 is 0 Å². The average Bonchev–Trinajstić information content (AvgIpc) is 3.08. The van der Waals surface area contributed by atoms with E-state index in [1.54, 1.807) is 16.9 Å². The van der Waals surface area contributed by atoms with Gasteiger partial charge < -0.3 is 9.84 Å². The summed E-state index contributed by atoms with van der Waals surface area (Å²) in [4.78, 5) is 14.4. The molecule has 0 unspecified atom stereocenters. The Balaban J connectivity index is 1.64. The zero-order chi connectivity index (χ0) is 15.5. The standard InChI is InChI=1S/C15H21N5O2/c1-11-9-12(18-22-11)13-5-3-4-7-20(13)10-15(21)16-14-6-8-19(2)17-14/h6,8-9,13H,3-5,7,10H2,1-2H3,(H,16,17,21)/t13-/m0/s1. The summed E-state index contributed by atoms with van der Waals surface area (Å²) in [6, 6.07) is 3.90. The minimum absolute atomic E-state index is 0.0502. The van der Waals surface area contributed by atoms with E-state index in [-0.39, 0.29) is 11.9 Å². The quantitative estimate of drug-likeness (QED) is 0.933. The molecule has 1 aliphatic heterocycles. The second-order valence-electron chi connectivity index (χ2n) is 5.77. The van der Waals surface area contributed by atoms with E-state index < -0.39 is 0 Å². The second kappa shape index (κ2) is 6.31. The minimum Gasteiger partial charge on any atom is -0.361 e. The molecule has 118 valence electrons. The molecule has 7 heteroatoms. The lowest BCUT2D eigenvalue weighted by atomic mass is 9.99. The van der Waals surface area contributed by atoms with Crippen molar-refractivity contribution in [3.05, 3.63) is 29.8 Å². The Morgan fingerprint density at radius 2 is 2.36 bits per heavy atom. The predicted octanol–water partition coefficient (Wildman–Crippen LogP) is 1.88. The van der Waals surface area contributed by atoms with Crippen molar-refractivity contribution in [2.24, 2.45) is 7.05 Å². The third-order valence-corrected chi connectivity index (χ3v) is 3.93. The van der Waals surface area contributed by atoms with E-state index in [1.807, 2.05) is 20.0 Å². The summed E-state index contributed by atoms with van der Waals surface area (Å²) in [5, 5.41) is 11.1. The highest BCUT2D eigenvalue weighted by Crippen LogP contribution is 2.30. The van der Waals surface area contributed by atoms with Gasteiger partial charge in [-0.1, -0.05) is 11.6 Å². The van der Waals surface area contributed by atoms with Gasteiger partial charge in [-0.15, -0.1) is 0 Å². The number of aromatic nitrogens is 3. The molecule has 0 saturated carbocycles. The third-order valence-electron chi connectivity index (χ3n) is 3.93. The number of aryl methyl sites for hydroxylation is 2. The van der Waals surface area contributed by atoms with Crippen LogP contribution in [0.4, 0.5) is 5.82 Å². The number of hydrogen-bond acceptors (Lipinski definition) is 5. The van der Waals surface area contributed by atoms with Crippen LogP contribution in [0.2, 0.25) is 0 Å². The van der Waals surface area contributed by atoms with Crippen LogP contribution in [0, 0.1) is 6.92 Å². The molecule has 7 nitrogen and oxygen atoms in total. The molecule has 1 aliphatic rings. The van der Waals surface area contributed by atoms with Crippen LogP contribution in [0.1, 0.15) is 36.8 Å². The monoisotopic (exact) mass is 303 g/mol. The van der Waals surface area contributed by atoms with Gasteiger partial charge in [-0.3, -0.25) is 14.4 Å². The number of likely N-dealkylation sites (tertiary alicyclic amines) is 1. The summed E-state index contributed by atoms with van der Waals surface area (Å²) in [5.74, 6) is 1.34. The van der Waals surface area contributed by atoms with Gasteiger partial charge in [-0.25, -0.2) is 0 Å². The SMILES string of the molecule is Cc1cc([C@@H]2CCCCN2CC(=O)Nc2ccn(C)n2)no1. The molecular formula is C15H21N5O2. The first-order valence-corrected chi connectivity index (χ1v) is 7.58. The van der Waals surface area contributed by atoms with Crippen LogP contribution in [-0.2, 0) is 11.8 Å². The lowest BCUT2D eigenvalue weighted by molar-refractivity contribution is -0.118. The summed E-state index contributed by atoms with van der Waals surface area (Å²) in [5.41, 5.74) is 0.919. The molecule has 1 saturated heterocycles. The second-order valence-corrected chi connectivity index (χ2v) is 5.77. The first kappa shape index (κ1) is 14.8. The van der Waals surface area contributed by atoms with Crippen molar-refractivity contribution in [1.29, 1.82) is 0 Å². The topological polar surface area (TPSA) is 76.2 Å². The van der Waals surface area contributed by atoms with Crippen molar-refractivity contribution >= 4 is 11.7 Å². The molecule has 2 aromatic rings. The van der Waals surface area contributed by atoms with Crippen LogP contribution in [0.3, 0.4) is 0 Å². The largest absolute Gasteiger partial charge is 0.361 e. The van der Waals surface area contributed by atoms with E-state index in [4.69, 9.17) is 4.52 Å². The number of nitrogens with zero attached hydrogens (tertiary/aromatic N) is 4. The van der Waals surface area contributed by atoms with Gasteiger partial charge in [0.25, 0.3) is 0 Å². The molecule has 2 aromatic heterocycles. The first-order chi connectivity index (χ1) is 10.6. The molecule has 0 aromatic carbocycles. The smallest absolute Gasteiger partial charge is 0.239 e. The van der Waals surface area contributed by atoms with Crippen LogP contribution in [-0.4, -0.2) is 38.8 Å². The maximum atomic E-state index is 12.2. The number of carbonyl (C=O) groups excluding carboxylic acids is 1. The van der Waals surface area contributed by atoms with Gasteiger partial charge in [0.2, 0.25) is 5.91 Å². The van der Waals surface area contributed by atoms with Gasteiger partial charge in [0, 0.05) is 25.4 Å². The molecule has 0 radical (unpaired) electrons. The third kappa shape index (κ3) is 3.36. The van der Waals surface area contributed by atoms with E-state index in [0.717, 1.165) is 37.3 Å².